The summed E-state index contributed by atoms with van der Waals surface area (Å²) in [4.78, 5) is 17.3. The van der Waals surface area contributed by atoms with Gasteiger partial charge in [-0.1, -0.05) is 37.3 Å². The zero-order valence-corrected chi connectivity index (χ0v) is 20.1. The normalized spacial score (nSPS) is 12.9. The van der Waals surface area contributed by atoms with Crippen molar-refractivity contribution in [2.75, 3.05) is 6.54 Å². The van der Waals surface area contributed by atoms with E-state index in [9.17, 15) is 13.6 Å². The minimum atomic E-state index is -0.734. The van der Waals surface area contributed by atoms with Gasteiger partial charge >= 0.3 is 5.97 Å². The van der Waals surface area contributed by atoms with Gasteiger partial charge in [-0.15, -0.1) is 0 Å². The van der Waals surface area contributed by atoms with Crippen molar-refractivity contribution in [1.29, 1.82) is 0 Å². The van der Waals surface area contributed by atoms with Gasteiger partial charge in [0.15, 0.2) is 0 Å². The maximum atomic E-state index is 13.7. The highest BCUT2D eigenvalue weighted by atomic mass is 19.1. The van der Waals surface area contributed by atoms with Crippen molar-refractivity contribution in [1.82, 2.24) is 10.3 Å². The van der Waals surface area contributed by atoms with E-state index in [1.807, 2.05) is 18.2 Å². The number of fused-ring (bicyclic) bond motifs is 1. The molecular weight excluding hydrogens is 460 g/mol. The van der Waals surface area contributed by atoms with Crippen molar-refractivity contribution in [2.24, 2.45) is 5.73 Å². The first kappa shape index (κ1) is 25.4. The van der Waals surface area contributed by atoms with Crippen LogP contribution in [0.15, 0.2) is 79.0 Å². The van der Waals surface area contributed by atoms with E-state index in [0.29, 0.717) is 17.7 Å². The number of rotatable bonds is 10. The average molecular weight is 490 g/mol. The Kier molecular flexibility index (Phi) is 8.36. The molecule has 3 N–H and O–H groups in total. The van der Waals surface area contributed by atoms with Crippen LogP contribution in [0.25, 0.3) is 10.9 Å². The number of benzene rings is 3. The molecular formula is C29H29F2N3O2. The van der Waals surface area contributed by atoms with Crippen LogP contribution in [0.2, 0.25) is 0 Å². The van der Waals surface area contributed by atoms with Crippen LogP contribution >= 0.6 is 0 Å². The summed E-state index contributed by atoms with van der Waals surface area (Å²) in [6, 6.07) is 19.6. The summed E-state index contributed by atoms with van der Waals surface area (Å²) in [5.41, 5.74) is 10.3. The molecule has 0 radical (unpaired) electrons. The van der Waals surface area contributed by atoms with E-state index >= 15 is 0 Å². The van der Waals surface area contributed by atoms with Crippen LogP contribution in [0, 0.1) is 11.6 Å². The molecule has 0 unspecified atom stereocenters. The van der Waals surface area contributed by atoms with Crippen LogP contribution in [0.4, 0.5) is 8.78 Å². The summed E-state index contributed by atoms with van der Waals surface area (Å²) in [5.74, 6) is -1.88. The SMILES string of the molecule is CCc1cccc(CNC[C@@H](OC(=O)c2ccc3ncccc3c2)[C@@H](N)Cc2cc(F)cc(F)c2)c1. The highest BCUT2D eigenvalue weighted by Gasteiger charge is 2.24. The van der Waals surface area contributed by atoms with E-state index in [0.717, 1.165) is 29.0 Å². The highest BCUT2D eigenvalue weighted by molar-refractivity contribution is 5.94. The van der Waals surface area contributed by atoms with Crippen molar-refractivity contribution < 1.29 is 18.3 Å². The molecule has 0 amide bonds. The Morgan fingerprint density at radius 2 is 1.75 bits per heavy atom. The molecule has 0 saturated heterocycles. The molecule has 4 aromatic rings. The van der Waals surface area contributed by atoms with E-state index in [1.165, 1.54) is 17.7 Å². The van der Waals surface area contributed by atoms with Gasteiger partial charge in [-0.05, 0) is 65.9 Å². The minimum absolute atomic E-state index is 0.140. The van der Waals surface area contributed by atoms with Gasteiger partial charge in [-0.2, -0.15) is 0 Å². The maximum Gasteiger partial charge on any atom is 0.338 e. The number of aromatic nitrogens is 1. The lowest BCUT2D eigenvalue weighted by Gasteiger charge is -2.25. The second-order valence-corrected chi connectivity index (χ2v) is 8.80. The van der Waals surface area contributed by atoms with Crippen LogP contribution in [0.5, 0.6) is 0 Å². The molecule has 7 heteroatoms. The number of hydrogen-bond donors (Lipinski definition) is 2. The molecule has 0 aliphatic rings. The summed E-state index contributed by atoms with van der Waals surface area (Å²) in [5, 5.41) is 4.13. The number of esters is 1. The number of halogens is 2. The van der Waals surface area contributed by atoms with E-state index in [4.69, 9.17) is 10.5 Å². The van der Waals surface area contributed by atoms with Crippen LogP contribution < -0.4 is 11.1 Å². The van der Waals surface area contributed by atoms with E-state index < -0.39 is 29.7 Å². The number of aryl methyl sites for hydroxylation is 1. The third-order valence-electron chi connectivity index (χ3n) is 6.04. The fraction of sp³-hybridized carbons (Fsp3) is 0.241. The molecule has 0 spiro atoms. The Labute approximate surface area is 209 Å². The molecule has 0 aliphatic carbocycles. The molecule has 4 rings (SSSR count). The van der Waals surface area contributed by atoms with Crippen LogP contribution in [-0.4, -0.2) is 29.6 Å². The number of pyridine rings is 1. The van der Waals surface area contributed by atoms with Crippen molar-refractivity contribution in [3.05, 3.63) is 113 Å². The lowest BCUT2D eigenvalue weighted by molar-refractivity contribution is 0.0238. The van der Waals surface area contributed by atoms with E-state index in [2.05, 4.69) is 29.4 Å². The van der Waals surface area contributed by atoms with Gasteiger partial charge in [0.05, 0.1) is 11.1 Å². The number of carbonyl (C=O) groups excluding carboxylic acids is 1. The molecule has 0 fully saturated rings. The molecule has 0 saturated carbocycles. The van der Waals surface area contributed by atoms with Crippen molar-refractivity contribution in [2.45, 2.75) is 38.5 Å². The zero-order valence-electron chi connectivity index (χ0n) is 20.1. The summed E-state index contributed by atoms with van der Waals surface area (Å²) >= 11 is 0. The van der Waals surface area contributed by atoms with Crippen LogP contribution in [0.1, 0.15) is 34.0 Å². The fourth-order valence-corrected chi connectivity index (χ4v) is 4.14. The monoisotopic (exact) mass is 489 g/mol. The third kappa shape index (κ3) is 6.71. The second kappa shape index (κ2) is 11.8. The summed E-state index contributed by atoms with van der Waals surface area (Å²) in [6.07, 6.45) is 2.03. The lowest BCUT2D eigenvalue weighted by atomic mass is 10.0. The van der Waals surface area contributed by atoms with Gasteiger partial charge in [-0.3, -0.25) is 4.98 Å². The second-order valence-electron chi connectivity index (χ2n) is 8.80. The smallest absolute Gasteiger partial charge is 0.338 e. The van der Waals surface area contributed by atoms with Gasteiger partial charge in [0.25, 0.3) is 0 Å². The standard InChI is InChI=1S/C29H29F2N3O2/c1-2-19-5-3-6-20(11-19)17-33-18-28(26(32)14-21-12-24(30)16-25(31)13-21)36-29(35)23-8-9-27-22(15-23)7-4-10-34-27/h3-13,15-16,26,28,33H,2,14,17-18,32H2,1H3/t26-,28+/m0/s1. The Hall–Kier alpha value is -3.68. The number of nitrogens with two attached hydrogens (primary N) is 1. The molecule has 36 heavy (non-hydrogen) atoms. The summed E-state index contributed by atoms with van der Waals surface area (Å²) in [6.45, 7) is 2.93. The zero-order chi connectivity index (χ0) is 25.5. The van der Waals surface area contributed by atoms with Crippen LogP contribution in [0.3, 0.4) is 0 Å². The van der Waals surface area contributed by atoms with E-state index in [-0.39, 0.29) is 13.0 Å². The lowest BCUT2D eigenvalue weighted by Crippen LogP contribution is -2.46. The Bertz CT molecular complexity index is 1320. The molecule has 3 aromatic carbocycles. The van der Waals surface area contributed by atoms with Crippen molar-refractivity contribution >= 4 is 16.9 Å². The third-order valence-corrected chi connectivity index (χ3v) is 6.04. The molecule has 2 atom stereocenters. The topological polar surface area (TPSA) is 77.2 Å². The van der Waals surface area contributed by atoms with Crippen molar-refractivity contribution in [3.63, 3.8) is 0 Å². The average Bonchev–Trinajstić information content (AvgIpc) is 2.87. The molecule has 5 nitrogen and oxygen atoms in total. The highest BCUT2D eigenvalue weighted by Crippen LogP contribution is 2.17. The van der Waals surface area contributed by atoms with Gasteiger partial charge in [0, 0.05) is 36.8 Å². The molecule has 0 aliphatic heterocycles. The van der Waals surface area contributed by atoms with Gasteiger partial charge < -0.3 is 15.8 Å². The largest absolute Gasteiger partial charge is 0.456 e. The number of hydrogen-bond acceptors (Lipinski definition) is 5. The minimum Gasteiger partial charge on any atom is -0.456 e. The predicted molar refractivity (Wildman–Crippen MR) is 137 cm³/mol. The Morgan fingerprint density at radius 1 is 0.972 bits per heavy atom. The van der Waals surface area contributed by atoms with Gasteiger partial charge in [-0.25, -0.2) is 13.6 Å². The molecule has 1 aromatic heterocycles. The van der Waals surface area contributed by atoms with E-state index in [1.54, 1.807) is 30.5 Å². The fourth-order valence-electron chi connectivity index (χ4n) is 4.14. The quantitative estimate of drug-likeness (QED) is 0.308. The number of carbonyl (C=O) groups is 1. The van der Waals surface area contributed by atoms with Crippen LogP contribution in [-0.2, 0) is 24.1 Å². The molecule has 186 valence electrons. The first-order valence-electron chi connectivity index (χ1n) is 12.0. The Morgan fingerprint density at radius 3 is 2.53 bits per heavy atom. The van der Waals surface area contributed by atoms with Gasteiger partial charge in [0.1, 0.15) is 17.7 Å². The summed E-state index contributed by atoms with van der Waals surface area (Å²) < 4.78 is 33.2. The number of nitrogens with one attached hydrogen (secondary N) is 1. The first-order chi connectivity index (χ1) is 17.4. The van der Waals surface area contributed by atoms with Gasteiger partial charge in [0.2, 0.25) is 0 Å². The van der Waals surface area contributed by atoms with Crippen molar-refractivity contribution in [3.8, 4) is 0 Å². The number of nitrogens with zero attached hydrogens (tertiary/aromatic N) is 1. The molecule has 1 heterocycles. The Balaban J connectivity index is 1.49. The molecule has 0 bridgehead atoms. The maximum absolute atomic E-state index is 13.7. The summed E-state index contributed by atoms with van der Waals surface area (Å²) in [7, 11) is 0. The predicted octanol–water partition coefficient (Wildman–Crippen LogP) is 4.96. The first-order valence-corrected chi connectivity index (χ1v) is 12.0. The number of ether oxygens (including phenoxy) is 1.